The van der Waals surface area contributed by atoms with Crippen LogP contribution in [0.3, 0.4) is 0 Å². The topological polar surface area (TPSA) is 12.0 Å². The van der Waals surface area contributed by atoms with Crippen molar-refractivity contribution in [3.05, 3.63) is 29.8 Å². The molecule has 178 valence electrons. The van der Waals surface area contributed by atoms with E-state index < -0.39 is 0 Å². The third kappa shape index (κ3) is 12.6. The lowest BCUT2D eigenvalue weighted by molar-refractivity contribution is 0.311. The standard InChI is InChI=1S/C30H53N/c1-3-5-7-9-11-13-15-17-27-19-23-29(24-20-27)31-30-25-21-28(22-26-30)18-16-14-12-10-8-6-4-2/h19-20,23-24,28,30-31H,3-18,21-22,25-26H2,1-2H3. The number of rotatable bonds is 18. The predicted molar refractivity (Wildman–Crippen MR) is 140 cm³/mol. The molecule has 1 heteroatoms. The largest absolute Gasteiger partial charge is 0.382 e. The van der Waals surface area contributed by atoms with E-state index >= 15 is 0 Å². The second-order valence-corrected chi connectivity index (χ2v) is 10.3. The first kappa shape index (κ1) is 26.3. The van der Waals surface area contributed by atoms with Crippen LogP contribution in [0.4, 0.5) is 5.69 Å². The lowest BCUT2D eigenvalue weighted by Gasteiger charge is -2.30. The van der Waals surface area contributed by atoms with Crippen LogP contribution < -0.4 is 5.32 Å². The first-order valence-electron chi connectivity index (χ1n) is 14.2. The van der Waals surface area contributed by atoms with Crippen molar-refractivity contribution in [2.75, 3.05) is 5.32 Å². The number of aryl methyl sites for hydroxylation is 1. The normalized spacial score (nSPS) is 18.9. The number of nitrogens with one attached hydrogen (secondary N) is 1. The van der Waals surface area contributed by atoms with Crippen LogP contribution in [0.25, 0.3) is 0 Å². The van der Waals surface area contributed by atoms with E-state index in [0.29, 0.717) is 6.04 Å². The molecule has 0 amide bonds. The smallest absolute Gasteiger partial charge is 0.0342 e. The van der Waals surface area contributed by atoms with Gasteiger partial charge in [0.25, 0.3) is 0 Å². The molecule has 1 N–H and O–H groups in total. The Morgan fingerprint density at radius 1 is 0.613 bits per heavy atom. The molecule has 1 saturated carbocycles. The van der Waals surface area contributed by atoms with Gasteiger partial charge >= 0.3 is 0 Å². The molecule has 0 atom stereocenters. The van der Waals surface area contributed by atoms with Crippen LogP contribution >= 0.6 is 0 Å². The number of unbranched alkanes of at least 4 members (excludes halogenated alkanes) is 12. The summed E-state index contributed by atoms with van der Waals surface area (Å²) in [6, 6.07) is 10.0. The Hall–Kier alpha value is -0.980. The zero-order valence-electron chi connectivity index (χ0n) is 21.1. The molecule has 1 aromatic carbocycles. The quantitative estimate of drug-likeness (QED) is 0.230. The van der Waals surface area contributed by atoms with E-state index in [4.69, 9.17) is 0 Å². The minimum atomic E-state index is 0.694. The first-order chi connectivity index (χ1) is 15.3. The summed E-state index contributed by atoms with van der Waals surface area (Å²) < 4.78 is 0. The molecular weight excluding hydrogens is 374 g/mol. The lowest BCUT2D eigenvalue weighted by atomic mass is 9.83. The molecule has 0 radical (unpaired) electrons. The van der Waals surface area contributed by atoms with E-state index in [1.807, 2.05) is 0 Å². The van der Waals surface area contributed by atoms with Gasteiger partial charge in [-0.15, -0.1) is 0 Å². The van der Waals surface area contributed by atoms with Gasteiger partial charge in [0.05, 0.1) is 0 Å². The Bertz CT molecular complexity index is 512. The summed E-state index contributed by atoms with van der Waals surface area (Å²) in [5.74, 6) is 0.998. The van der Waals surface area contributed by atoms with Gasteiger partial charge in [0.1, 0.15) is 0 Å². The van der Waals surface area contributed by atoms with Gasteiger partial charge in [-0.05, 0) is 62.1 Å². The molecule has 0 aliphatic heterocycles. The zero-order chi connectivity index (χ0) is 22.0. The molecule has 2 rings (SSSR count). The minimum absolute atomic E-state index is 0.694. The maximum absolute atomic E-state index is 3.82. The van der Waals surface area contributed by atoms with Crippen LogP contribution in [0.2, 0.25) is 0 Å². The van der Waals surface area contributed by atoms with Crippen molar-refractivity contribution in [1.29, 1.82) is 0 Å². The van der Waals surface area contributed by atoms with E-state index in [0.717, 1.165) is 5.92 Å². The summed E-state index contributed by atoms with van der Waals surface area (Å²) in [6.45, 7) is 4.60. The van der Waals surface area contributed by atoms with Crippen LogP contribution in [0.5, 0.6) is 0 Å². The Morgan fingerprint density at radius 3 is 1.71 bits per heavy atom. The van der Waals surface area contributed by atoms with Crippen LogP contribution in [0.15, 0.2) is 24.3 Å². The molecule has 31 heavy (non-hydrogen) atoms. The van der Waals surface area contributed by atoms with E-state index in [-0.39, 0.29) is 0 Å². The molecule has 1 nitrogen and oxygen atoms in total. The molecule has 0 unspecified atom stereocenters. The Labute approximate surface area is 195 Å². The third-order valence-corrected chi connectivity index (χ3v) is 7.46. The molecule has 1 fully saturated rings. The SMILES string of the molecule is CCCCCCCCCc1ccc(NC2CCC(CCCCCCCCC)CC2)cc1. The van der Waals surface area contributed by atoms with Crippen molar-refractivity contribution in [3.63, 3.8) is 0 Å². The van der Waals surface area contributed by atoms with Crippen molar-refractivity contribution in [1.82, 2.24) is 0 Å². The fourth-order valence-corrected chi connectivity index (χ4v) is 5.28. The van der Waals surface area contributed by atoms with Crippen LogP contribution in [-0.4, -0.2) is 6.04 Å². The van der Waals surface area contributed by atoms with E-state index in [9.17, 15) is 0 Å². The molecule has 0 aromatic heterocycles. The van der Waals surface area contributed by atoms with E-state index in [1.165, 1.54) is 140 Å². The molecular formula is C30H53N. The van der Waals surface area contributed by atoms with Gasteiger partial charge < -0.3 is 5.32 Å². The van der Waals surface area contributed by atoms with Crippen molar-refractivity contribution in [3.8, 4) is 0 Å². The highest BCUT2D eigenvalue weighted by Gasteiger charge is 2.20. The molecule has 1 aliphatic carbocycles. The second kappa shape index (κ2) is 17.6. The van der Waals surface area contributed by atoms with Gasteiger partial charge in [0, 0.05) is 11.7 Å². The van der Waals surface area contributed by atoms with Crippen molar-refractivity contribution in [2.45, 2.75) is 148 Å². The van der Waals surface area contributed by atoms with Crippen molar-refractivity contribution in [2.24, 2.45) is 5.92 Å². The van der Waals surface area contributed by atoms with Gasteiger partial charge in [-0.2, -0.15) is 0 Å². The highest BCUT2D eigenvalue weighted by atomic mass is 14.9. The molecule has 0 saturated heterocycles. The van der Waals surface area contributed by atoms with Gasteiger partial charge in [0.15, 0.2) is 0 Å². The summed E-state index contributed by atoms with van der Waals surface area (Å²) >= 11 is 0. The summed E-state index contributed by atoms with van der Waals surface area (Å²) in [4.78, 5) is 0. The van der Waals surface area contributed by atoms with Gasteiger partial charge in [-0.3, -0.25) is 0 Å². The summed E-state index contributed by atoms with van der Waals surface area (Å²) in [6.07, 6.45) is 28.2. The van der Waals surface area contributed by atoms with E-state index in [2.05, 4.69) is 43.4 Å². The molecule has 0 bridgehead atoms. The molecule has 0 spiro atoms. The first-order valence-corrected chi connectivity index (χ1v) is 14.2. The lowest BCUT2D eigenvalue weighted by Crippen LogP contribution is -2.26. The minimum Gasteiger partial charge on any atom is -0.382 e. The average Bonchev–Trinajstić information content (AvgIpc) is 2.80. The third-order valence-electron chi connectivity index (χ3n) is 7.46. The van der Waals surface area contributed by atoms with Gasteiger partial charge in [-0.25, -0.2) is 0 Å². The van der Waals surface area contributed by atoms with Crippen molar-refractivity contribution < 1.29 is 0 Å². The predicted octanol–water partition coefficient (Wildman–Crippen LogP) is 10.1. The zero-order valence-corrected chi connectivity index (χ0v) is 21.1. The van der Waals surface area contributed by atoms with Gasteiger partial charge in [-0.1, -0.05) is 116 Å². The maximum Gasteiger partial charge on any atom is 0.0342 e. The van der Waals surface area contributed by atoms with Crippen LogP contribution in [0, 0.1) is 5.92 Å². The highest BCUT2D eigenvalue weighted by Crippen LogP contribution is 2.30. The molecule has 0 heterocycles. The highest BCUT2D eigenvalue weighted by molar-refractivity contribution is 5.45. The second-order valence-electron chi connectivity index (χ2n) is 10.3. The van der Waals surface area contributed by atoms with Gasteiger partial charge in [0.2, 0.25) is 0 Å². The molecule has 1 aromatic rings. The number of benzene rings is 1. The van der Waals surface area contributed by atoms with E-state index in [1.54, 1.807) is 0 Å². The van der Waals surface area contributed by atoms with Crippen LogP contribution in [0.1, 0.15) is 141 Å². The number of hydrogen-bond acceptors (Lipinski definition) is 1. The summed E-state index contributed by atoms with van der Waals surface area (Å²) in [5.41, 5.74) is 2.84. The summed E-state index contributed by atoms with van der Waals surface area (Å²) in [7, 11) is 0. The Morgan fingerprint density at radius 2 is 1.13 bits per heavy atom. The average molecular weight is 428 g/mol. The maximum atomic E-state index is 3.82. The fourth-order valence-electron chi connectivity index (χ4n) is 5.28. The Balaban J connectivity index is 1.51. The van der Waals surface area contributed by atoms with Crippen LogP contribution in [-0.2, 0) is 6.42 Å². The van der Waals surface area contributed by atoms with Crippen molar-refractivity contribution >= 4 is 5.69 Å². The Kier molecular flexibility index (Phi) is 14.9. The summed E-state index contributed by atoms with van der Waals surface area (Å²) in [5, 5.41) is 3.82. The fraction of sp³-hybridized carbons (Fsp3) is 0.800. The monoisotopic (exact) mass is 427 g/mol. The molecule has 1 aliphatic rings. The number of anilines is 1. The number of hydrogen-bond donors (Lipinski definition) is 1.